The molecule has 0 atom stereocenters. The van der Waals surface area contributed by atoms with Crippen molar-refractivity contribution < 1.29 is 9.59 Å². The maximum atomic E-state index is 11.9. The van der Waals surface area contributed by atoms with Gasteiger partial charge in [0.05, 0.1) is 6.54 Å². The van der Waals surface area contributed by atoms with Crippen molar-refractivity contribution in [3.63, 3.8) is 0 Å². The van der Waals surface area contributed by atoms with Crippen LogP contribution in [0.5, 0.6) is 0 Å². The van der Waals surface area contributed by atoms with Gasteiger partial charge in [-0.15, -0.1) is 0 Å². The van der Waals surface area contributed by atoms with Crippen LogP contribution in [0.1, 0.15) is 38.3 Å². The molecule has 0 spiro atoms. The number of hydrogen-bond acceptors (Lipinski definition) is 2. The van der Waals surface area contributed by atoms with Crippen molar-refractivity contribution in [2.75, 3.05) is 11.9 Å². The molecule has 0 aliphatic heterocycles. The van der Waals surface area contributed by atoms with E-state index in [0.29, 0.717) is 6.42 Å². The van der Waals surface area contributed by atoms with Gasteiger partial charge >= 0.3 is 0 Å². The molecule has 0 aliphatic carbocycles. The highest BCUT2D eigenvalue weighted by Crippen LogP contribution is 2.19. The molecule has 0 saturated heterocycles. The lowest BCUT2D eigenvalue weighted by Crippen LogP contribution is -2.34. The van der Waals surface area contributed by atoms with E-state index in [0.717, 1.165) is 16.8 Å². The van der Waals surface area contributed by atoms with Crippen LogP contribution in [0, 0.1) is 19.3 Å². The summed E-state index contributed by atoms with van der Waals surface area (Å²) in [7, 11) is 0. The molecule has 2 amide bonds. The van der Waals surface area contributed by atoms with Gasteiger partial charge in [0.2, 0.25) is 11.8 Å². The lowest BCUT2D eigenvalue weighted by atomic mass is 9.92. The van der Waals surface area contributed by atoms with Crippen LogP contribution in [0.3, 0.4) is 0 Å². The van der Waals surface area contributed by atoms with Crippen molar-refractivity contribution in [1.29, 1.82) is 0 Å². The summed E-state index contributed by atoms with van der Waals surface area (Å²) in [6.07, 6.45) is 0.406. The SMILES string of the molecule is Cc1cccc(C)c1NC(=O)CNC(=O)CC(C)(C)C. The number of carbonyl (C=O) groups is 2. The Labute approximate surface area is 121 Å². The summed E-state index contributed by atoms with van der Waals surface area (Å²) >= 11 is 0. The fraction of sp³-hybridized carbons (Fsp3) is 0.500. The zero-order valence-electron chi connectivity index (χ0n) is 13.0. The molecule has 1 rings (SSSR count). The number of benzene rings is 1. The molecule has 110 valence electrons. The Kier molecular flexibility index (Phi) is 5.31. The normalized spacial score (nSPS) is 11.1. The van der Waals surface area contributed by atoms with Gasteiger partial charge < -0.3 is 10.6 Å². The predicted octanol–water partition coefficient (Wildman–Crippen LogP) is 2.79. The molecule has 0 unspecified atom stereocenters. The average Bonchev–Trinajstić information content (AvgIpc) is 2.29. The molecule has 0 fully saturated rings. The molecule has 0 aliphatic rings. The predicted molar refractivity (Wildman–Crippen MR) is 81.6 cm³/mol. The molecule has 0 aromatic heterocycles. The van der Waals surface area contributed by atoms with Crippen LogP contribution in [0.2, 0.25) is 0 Å². The summed E-state index contributed by atoms with van der Waals surface area (Å²) in [5, 5.41) is 5.49. The van der Waals surface area contributed by atoms with E-state index < -0.39 is 0 Å². The van der Waals surface area contributed by atoms with Crippen LogP contribution in [0.15, 0.2) is 18.2 Å². The third-order valence-electron chi connectivity index (χ3n) is 2.88. The number of hydrogen-bond donors (Lipinski definition) is 2. The maximum Gasteiger partial charge on any atom is 0.243 e. The van der Waals surface area contributed by atoms with E-state index in [9.17, 15) is 9.59 Å². The van der Waals surface area contributed by atoms with E-state index in [1.54, 1.807) is 0 Å². The molecule has 1 aromatic rings. The van der Waals surface area contributed by atoms with Gasteiger partial charge in [0.15, 0.2) is 0 Å². The summed E-state index contributed by atoms with van der Waals surface area (Å²) in [4.78, 5) is 23.5. The largest absolute Gasteiger partial charge is 0.347 e. The second-order valence-corrected chi connectivity index (χ2v) is 6.33. The van der Waals surface area contributed by atoms with E-state index in [1.165, 1.54) is 0 Å². The molecule has 1 aromatic carbocycles. The summed E-state index contributed by atoms with van der Waals surface area (Å²) in [5.74, 6) is -0.307. The highest BCUT2D eigenvalue weighted by Gasteiger charge is 2.16. The number of nitrogens with one attached hydrogen (secondary N) is 2. The molecule has 0 saturated carbocycles. The van der Waals surface area contributed by atoms with Gasteiger partial charge in [-0.1, -0.05) is 39.0 Å². The number of anilines is 1. The van der Waals surface area contributed by atoms with E-state index in [4.69, 9.17) is 0 Å². The van der Waals surface area contributed by atoms with E-state index in [2.05, 4.69) is 10.6 Å². The highest BCUT2D eigenvalue weighted by molar-refractivity contribution is 5.95. The third-order valence-corrected chi connectivity index (χ3v) is 2.88. The zero-order valence-corrected chi connectivity index (χ0v) is 13.0. The second-order valence-electron chi connectivity index (χ2n) is 6.33. The molecule has 0 radical (unpaired) electrons. The summed E-state index contributed by atoms with van der Waals surface area (Å²) in [6, 6.07) is 5.84. The highest BCUT2D eigenvalue weighted by atomic mass is 16.2. The van der Waals surface area contributed by atoms with Crippen molar-refractivity contribution in [1.82, 2.24) is 5.32 Å². The maximum absolute atomic E-state index is 11.9. The summed E-state index contributed by atoms with van der Waals surface area (Å²) in [5.41, 5.74) is 2.77. The molecule has 2 N–H and O–H groups in total. The molecular formula is C16H24N2O2. The molecular weight excluding hydrogens is 252 g/mol. The minimum absolute atomic E-state index is 0.00267. The van der Waals surface area contributed by atoms with Crippen LogP contribution < -0.4 is 10.6 Å². The average molecular weight is 276 g/mol. The number of rotatable bonds is 4. The van der Waals surface area contributed by atoms with E-state index >= 15 is 0 Å². The molecule has 0 heterocycles. The molecule has 20 heavy (non-hydrogen) atoms. The van der Waals surface area contributed by atoms with Crippen molar-refractivity contribution in [2.45, 2.75) is 41.0 Å². The Morgan fingerprint density at radius 3 is 2.10 bits per heavy atom. The van der Waals surface area contributed by atoms with Crippen LogP contribution >= 0.6 is 0 Å². The van der Waals surface area contributed by atoms with Crippen LogP contribution in [0.25, 0.3) is 0 Å². The molecule has 0 bridgehead atoms. The first kappa shape index (κ1) is 16.2. The molecule has 4 heteroatoms. The minimum atomic E-state index is -0.204. The van der Waals surface area contributed by atoms with Gasteiger partial charge in [0, 0.05) is 12.1 Å². The Balaban J connectivity index is 2.51. The smallest absolute Gasteiger partial charge is 0.243 e. The van der Waals surface area contributed by atoms with Gasteiger partial charge in [0.1, 0.15) is 0 Å². The second kappa shape index (κ2) is 6.55. The quantitative estimate of drug-likeness (QED) is 0.888. The topological polar surface area (TPSA) is 58.2 Å². The van der Waals surface area contributed by atoms with Gasteiger partial charge in [-0.25, -0.2) is 0 Å². The van der Waals surface area contributed by atoms with E-state index in [1.807, 2.05) is 52.8 Å². The van der Waals surface area contributed by atoms with Crippen LogP contribution in [0.4, 0.5) is 5.69 Å². The molecule has 4 nitrogen and oxygen atoms in total. The van der Waals surface area contributed by atoms with Crippen LogP contribution in [-0.2, 0) is 9.59 Å². The standard InChI is InChI=1S/C16H24N2O2/c1-11-7-6-8-12(2)15(11)18-14(20)10-17-13(19)9-16(3,4)5/h6-8H,9-10H2,1-5H3,(H,17,19)(H,18,20). The summed E-state index contributed by atoms with van der Waals surface area (Å²) < 4.78 is 0. The Bertz CT molecular complexity index is 481. The van der Waals surface area contributed by atoms with Crippen molar-refractivity contribution in [2.24, 2.45) is 5.41 Å². The minimum Gasteiger partial charge on any atom is -0.347 e. The Morgan fingerprint density at radius 1 is 1.05 bits per heavy atom. The third kappa shape index (κ3) is 5.43. The first-order chi connectivity index (χ1) is 9.19. The Morgan fingerprint density at radius 2 is 1.60 bits per heavy atom. The lowest BCUT2D eigenvalue weighted by molar-refractivity contribution is -0.125. The number of aryl methyl sites for hydroxylation is 2. The Hall–Kier alpha value is -1.84. The van der Waals surface area contributed by atoms with Gasteiger partial charge in [-0.2, -0.15) is 0 Å². The first-order valence-electron chi connectivity index (χ1n) is 6.82. The van der Waals surface area contributed by atoms with Gasteiger partial charge in [0.25, 0.3) is 0 Å². The van der Waals surface area contributed by atoms with Gasteiger partial charge in [-0.3, -0.25) is 9.59 Å². The summed E-state index contributed by atoms with van der Waals surface area (Å²) in [6.45, 7) is 9.86. The van der Waals surface area contributed by atoms with Crippen molar-refractivity contribution in [3.05, 3.63) is 29.3 Å². The van der Waals surface area contributed by atoms with Crippen LogP contribution in [-0.4, -0.2) is 18.4 Å². The fourth-order valence-corrected chi connectivity index (χ4v) is 1.92. The fourth-order valence-electron chi connectivity index (χ4n) is 1.92. The first-order valence-corrected chi connectivity index (χ1v) is 6.82. The lowest BCUT2D eigenvalue weighted by Gasteiger charge is -2.17. The number of amides is 2. The van der Waals surface area contributed by atoms with Crippen molar-refractivity contribution in [3.8, 4) is 0 Å². The number of para-hydroxylation sites is 1. The van der Waals surface area contributed by atoms with E-state index in [-0.39, 0.29) is 23.8 Å². The van der Waals surface area contributed by atoms with Crippen molar-refractivity contribution >= 4 is 17.5 Å². The monoisotopic (exact) mass is 276 g/mol. The zero-order chi connectivity index (χ0) is 15.3. The van der Waals surface area contributed by atoms with Gasteiger partial charge in [-0.05, 0) is 30.4 Å². The number of carbonyl (C=O) groups excluding carboxylic acids is 2.